The third-order valence-electron chi connectivity index (χ3n) is 6.44. The van der Waals surface area contributed by atoms with Gasteiger partial charge in [-0.25, -0.2) is 0 Å². The van der Waals surface area contributed by atoms with Gasteiger partial charge in [-0.3, -0.25) is 9.59 Å². The summed E-state index contributed by atoms with van der Waals surface area (Å²) < 4.78 is 11.0. The summed E-state index contributed by atoms with van der Waals surface area (Å²) in [6.07, 6.45) is 0. The zero-order valence-corrected chi connectivity index (χ0v) is 21.4. The second kappa shape index (κ2) is 10.3. The van der Waals surface area contributed by atoms with Gasteiger partial charge in [0.25, 0.3) is 11.8 Å². The number of nitrogens with zero attached hydrogens (tertiary/aromatic N) is 3. The van der Waals surface area contributed by atoms with Crippen LogP contribution in [0.15, 0.2) is 60.7 Å². The van der Waals surface area contributed by atoms with Gasteiger partial charge in [0, 0.05) is 42.5 Å². The fourth-order valence-electron chi connectivity index (χ4n) is 4.33. The lowest BCUT2D eigenvalue weighted by molar-refractivity contribution is -0.110. The smallest absolute Gasteiger partial charge is 0.258 e. The molecule has 5 rings (SSSR count). The zero-order chi connectivity index (χ0) is 26.8. The van der Waals surface area contributed by atoms with Crippen molar-refractivity contribution in [2.24, 2.45) is 0 Å². The highest BCUT2D eigenvalue weighted by Gasteiger charge is 2.29. The maximum absolute atomic E-state index is 13.2. The first-order valence-electron chi connectivity index (χ1n) is 12.1. The minimum Gasteiger partial charge on any atom is -0.454 e. The second-order valence-corrected chi connectivity index (χ2v) is 9.38. The van der Waals surface area contributed by atoms with Crippen LogP contribution in [-0.2, 0) is 4.79 Å². The molecule has 3 aromatic carbocycles. The first-order valence-corrected chi connectivity index (χ1v) is 12.1. The van der Waals surface area contributed by atoms with Crippen molar-refractivity contribution in [1.29, 1.82) is 5.26 Å². The molecule has 2 amide bonds. The predicted molar refractivity (Wildman–Crippen MR) is 145 cm³/mol. The number of hydrogen-bond donors (Lipinski definition) is 2. The minimum absolute atomic E-state index is 0.0647. The molecular weight excluding hydrogens is 482 g/mol. The highest BCUT2D eigenvalue weighted by atomic mass is 16.7. The molecule has 0 fully saturated rings. The average molecular weight is 510 g/mol. The Balaban J connectivity index is 1.51. The van der Waals surface area contributed by atoms with E-state index in [0.717, 1.165) is 12.1 Å². The Kier molecular flexibility index (Phi) is 6.73. The minimum atomic E-state index is -0.287. The summed E-state index contributed by atoms with van der Waals surface area (Å²) in [7, 11) is 5.72. The summed E-state index contributed by atoms with van der Waals surface area (Å²) in [5.74, 6) is 0.867. The largest absolute Gasteiger partial charge is 0.454 e. The van der Waals surface area contributed by atoms with E-state index >= 15 is 0 Å². The number of nitriles is 1. The molecule has 38 heavy (non-hydrogen) atoms. The Morgan fingerprint density at radius 2 is 1.71 bits per heavy atom. The highest BCUT2D eigenvalue weighted by Crippen LogP contribution is 2.41. The number of carbonyl (C=O) groups excluding carboxylic acids is 2. The number of likely N-dealkylation sites (N-methyl/N-ethyl adjacent to an activating group) is 2. The lowest BCUT2D eigenvalue weighted by atomic mass is 9.98. The van der Waals surface area contributed by atoms with Gasteiger partial charge < -0.3 is 29.9 Å². The summed E-state index contributed by atoms with van der Waals surface area (Å²) in [6, 6.07) is 19.8. The molecule has 0 saturated carbocycles. The summed E-state index contributed by atoms with van der Waals surface area (Å²) in [4.78, 5) is 29.8. The first kappa shape index (κ1) is 24.9. The Hall–Kier alpha value is -4.81. The molecule has 2 N–H and O–H groups in total. The van der Waals surface area contributed by atoms with Crippen molar-refractivity contribution in [3.8, 4) is 17.6 Å². The van der Waals surface area contributed by atoms with Crippen LogP contribution in [0.4, 0.5) is 11.4 Å². The topological polar surface area (TPSA) is 107 Å². The third kappa shape index (κ3) is 4.90. The standard InChI is InChI=1S/C29H27N5O4/c1-33(2)12-13-34(3)29(36)19-5-8-21(9-6-19)31-27(20-7-11-24-25(15-20)38-17-37-24)26-22-10-4-18(16-30)14-23(22)32-28(26)35/h4-11,14-15,31H,12-13,17H2,1-3H3,(H,32,35). The predicted octanol–water partition coefficient (Wildman–Crippen LogP) is 3.85. The highest BCUT2D eigenvalue weighted by molar-refractivity contribution is 6.37. The number of ether oxygens (including phenoxy) is 2. The molecule has 192 valence electrons. The van der Waals surface area contributed by atoms with E-state index in [4.69, 9.17) is 9.47 Å². The van der Waals surface area contributed by atoms with Crippen molar-refractivity contribution < 1.29 is 19.1 Å². The molecular formula is C29H27N5O4. The van der Waals surface area contributed by atoms with Gasteiger partial charge in [-0.1, -0.05) is 6.07 Å². The van der Waals surface area contributed by atoms with Crippen LogP contribution < -0.4 is 20.1 Å². The van der Waals surface area contributed by atoms with Crippen LogP contribution in [0.25, 0.3) is 11.3 Å². The van der Waals surface area contributed by atoms with Crippen molar-refractivity contribution in [1.82, 2.24) is 9.80 Å². The van der Waals surface area contributed by atoms with Crippen LogP contribution in [0, 0.1) is 11.3 Å². The van der Waals surface area contributed by atoms with E-state index in [0.29, 0.717) is 57.4 Å². The fraction of sp³-hybridized carbons (Fsp3) is 0.207. The molecule has 0 radical (unpaired) electrons. The maximum Gasteiger partial charge on any atom is 0.258 e. The molecule has 9 heteroatoms. The Bertz CT molecular complexity index is 1490. The SMILES string of the molecule is CN(C)CCN(C)C(=O)c1ccc(NC(=C2C(=O)Nc3cc(C#N)ccc32)c2ccc3c(c2)OCO3)cc1. The normalized spacial score (nSPS) is 14.6. The molecule has 3 aromatic rings. The Morgan fingerprint density at radius 3 is 2.45 bits per heavy atom. The number of carbonyl (C=O) groups is 2. The van der Waals surface area contributed by atoms with Crippen LogP contribution in [-0.4, -0.2) is 62.6 Å². The van der Waals surface area contributed by atoms with Gasteiger partial charge >= 0.3 is 0 Å². The molecule has 0 saturated heterocycles. The van der Waals surface area contributed by atoms with Crippen LogP contribution in [0.2, 0.25) is 0 Å². The van der Waals surface area contributed by atoms with Crippen molar-refractivity contribution in [2.75, 3.05) is 51.7 Å². The summed E-state index contributed by atoms with van der Waals surface area (Å²) in [5.41, 5.74) is 4.71. The van der Waals surface area contributed by atoms with E-state index in [1.54, 1.807) is 48.3 Å². The quantitative estimate of drug-likeness (QED) is 0.466. The molecule has 0 bridgehead atoms. The van der Waals surface area contributed by atoms with Crippen molar-refractivity contribution in [3.05, 3.63) is 82.9 Å². The number of fused-ring (bicyclic) bond motifs is 2. The van der Waals surface area contributed by atoms with Crippen LogP contribution >= 0.6 is 0 Å². The third-order valence-corrected chi connectivity index (χ3v) is 6.44. The number of amides is 2. The number of hydrogen-bond acceptors (Lipinski definition) is 7. The van der Waals surface area contributed by atoms with Gasteiger partial charge in [-0.2, -0.15) is 5.26 Å². The van der Waals surface area contributed by atoms with Crippen molar-refractivity contribution in [3.63, 3.8) is 0 Å². The molecule has 0 aliphatic carbocycles. The molecule has 2 heterocycles. The van der Waals surface area contributed by atoms with Gasteiger partial charge in [0.2, 0.25) is 6.79 Å². The number of rotatable bonds is 7. The van der Waals surface area contributed by atoms with Crippen molar-refractivity contribution in [2.45, 2.75) is 0 Å². The lowest BCUT2D eigenvalue weighted by Gasteiger charge is -2.20. The summed E-state index contributed by atoms with van der Waals surface area (Å²) >= 11 is 0. The Labute approximate surface area is 220 Å². The second-order valence-electron chi connectivity index (χ2n) is 9.38. The number of benzene rings is 3. The maximum atomic E-state index is 13.2. The van der Waals surface area contributed by atoms with Crippen LogP contribution in [0.1, 0.15) is 27.0 Å². The van der Waals surface area contributed by atoms with Crippen molar-refractivity contribution >= 4 is 34.5 Å². The molecule has 2 aliphatic heterocycles. The van der Waals surface area contributed by atoms with E-state index < -0.39 is 0 Å². The van der Waals surface area contributed by atoms with E-state index in [-0.39, 0.29) is 18.6 Å². The van der Waals surface area contributed by atoms with Gasteiger partial charge in [-0.05, 0) is 68.7 Å². The van der Waals surface area contributed by atoms with E-state index in [1.165, 1.54) is 0 Å². The molecule has 0 spiro atoms. The number of anilines is 2. The van der Waals surface area contributed by atoms with Crippen LogP contribution in [0.5, 0.6) is 11.5 Å². The molecule has 2 aliphatic rings. The molecule has 0 atom stereocenters. The average Bonchev–Trinajstić information content (AvgIpc) is 3.52. The lowest BCUT2D eigenvalue weighted by Crippen LogP contribution is -2.33. The van der Waals surface area contributed by atoms with Gasteiger partial charge in [0.15, 0.2) is 11.5 Å². The van der Waals surface area contributed by atoms with E-state index in [9.17, 15) is 14.9 Å². The van der Waals surface area contributed by atoms with Gasteiger partial charge in [-0.15, -0.1) is 0 Å². The van der Waals surface area contributed by atoms with Crippen LogP contribution in [0.3, 0.4) is 0 Å². The fourth-order valence-corrected chi connectivity index (χ4v) is 4.33. The summed E-state index contributed by atoms with van der Waals surface area (Å²) in [6.45, 7) is 1.53. The first-order chi connectivity index (χ1) is 18.3. The number of nitrogens with one attached hydrogen (secondary N) is 2. The monoisotopic (exact) mass is 509 g/mol. The van der Waals surface area contributed by atoms with Gasteiger partial charge in [0.1, 0.15) is 0 Å². The molecule has 0 unspecified atom stereocenters. The van der Waals surface area contributed by atoms with E-state index in [2.05, 4.69) is 16.7 Å². The molecule has 9 nitrogen and oxygen atoms in total. The Morgan fingerprint density at radius 1 is 0.974 bits per heavy atom. The van der Waals surface area contributed by atoms with Gasteiger partial charge in [0.05, 0.1) is 28.6 Å². The zero-order valence-electron chi connectivity index (χ0n) is 21.4. The summed E-state index contributed by atoms with van der Waals surface area (Å²) in [5, 5.41) is 15.5. The molecule has 0 aromatic heterocycles. The van der Waals surface area contributed by atoms with E-state index in [1.807, 2.05) is 43.3 Å².